The van der Waals surface area contributed by atoms with Crippen molar-refractivity contribution < 1.29 is 0 Å². The lowest BCUT2D eigenvalue weighted by Crippen LogP contribution is -2.36. The fourth-order valence-corrected chi connectivity index (χ4v) is 1.23. The highest BCUT2D eigenvalue weighted by Gasteiger charge is 2.00. The van der Waals surface area contributed by atoms with Crippen molar-refractivity contribution >= 4 is 35.6 Å². The van der Waals surface area contributed by atoms with Gasteiger partial charge >= 0.3 is 0 Å². The summed E-state index contributed by atoms with van der Waals surface area (Å²) < 4.78 is 0. The Hall–Kier alpha value is -0.820. The second-order valence-corrected chi connectivity index (χ2v) is 3.36. The Labute approximate surface area is 107 Å². The van der Waals surface area contributed by atoms with Gasteiger partial charge in [-0.1, -0.05) is 6.07 Å². The van der Waals surface area contributed by atoms with E-state index in [-0.39, 0.29) is 29.9 Å². The van der Waals surface area contributed by atoms with Crippen molar-refractivity contribution in [1.82, 2.24) is 5.43 Å². The van der Waals surface area contributed by atoms with E-state index in [1.807, 2.05) is 19.9 Å². The van der Waals surface area contributed by atoms with Gasteiger partial charge in [0.1, 0.15) is 0 Å². The lowest BCUT2D eigenvalue weighted by atomic mass is 10.1. The molecule has 1 aromatic carbocycles. The molecular weight excluding hydrogens is 303 g/mol. The lowest BCUT2D eigenvalue weighted by Gasteiger charge is -2.06. The number of benzene rings is 1. The minimum atomic E-state index is 0. The molecule has 4 nitrogen and oxygen atoms in total. The molecule has 0 aliphatic carbocycles. The topological polar surface area (TPSA) is 76.4 Å². The van der Waals surface area contributed by atoms with E-state index in [4.69, 9.17) is 11.6 Å². The first-order valence-electron chi connectivity index (χ1n) is 4.43. The summed E-state index contributed by atoms with van der Waals surface area (Å²) in [6.45, 7) is 6.11. The third-order valence-electron chi connectivity index (χ3n) is 2.20. The van der Waals surface area contributed by atoms with Gasteiger partial charge in [0.25, 0.3) is 0 Å². The van der Waals surface area contributed by atoms with E-state index in [9.17, 15) is 0 Å². The maximum Gasteiger partial charge on any atom is 0.208 e. The van der Waals surface area contributed by atoms with Crippen LogP contribution in [-0.4, -0.2) is 5.96 Å². The fraction of sp³-hybridized carbons (Fsp3) is 0.300. The van der Waals surface area contributed by atoms with Crippen molar-refractivity contribution in [3.8, 4) is 0 Å². The first-order chi connectivity index (χ1) is 6.54. The van der Waals surface area contributed by atoms with E-state index in [1.54, 1.807) is 0 Å². The predicted molar refractivity (Wildman–Crippen MR) is 74.7 cm³/mol. The van der Waals surface area contributed by atoms with E-state index in [0.29, 0.717) is 0 Å². The zero-order chi connectivity index (χ0) is 10.7. The van der Waals surface area contributed by atoms with Crippen LogP contribution in [-0.2, 0) is 0 Å². The Morgan fingerprint density at radius 1 is 1.13 bits per heavy atom. The van der Waals surface area contributed by atoms with Crippen LogP contribution in [0.3, 0.4) is 0 Å². The molecule has 15 heavy (non-hydrogen) atoms. The van der Waals surface area contributed by atoms with Gasteiger partial charge in [-0.3, -0.25) is 5.43 Å². The van der Waals surface area contributed by atoms with Gasteiger partial charge in [-0.15, -0.1) is 24.0 Å². The number of hydrogen-bond acceptors (Lipinski definition) is 2. The van der Waals surface area contributed by atoms with E-state index in [2.05, 4.69) is 23.4 Å². The van der Waals surface area contributed by atoms with Crippen molar-refractivity contribution in [3.05, 3.63) is 28.8 Å². The highest BCUT2D eigenvalue weighted by atomic mass is 127. The number of rotatable bonds is 1. The number of nitrogens with zero attached hydrogens (tertiary/aromatic N) is 1. The summed E-state index contributed by atoms with van der Waals surface area (Å²) in [6, 6.07) is 4.08. The van der Waals surface area contributed by atoms with Gasteiger partial charge in [0.05, 0.1) is 5.69 Å². The number of aryl methyl sites for hydroxylation is 3. The highest BCUT2D eigenvalue weighted by molar-refractivity contribution is 14.0. The van der Waals surface area contributed by atoms with Crippen molar-refractivity contribution in [1.29, 1.82) is 0 Å². The van der Waals surface area contributed by atoms with E-state index in [0.717, 1.165) is 11.3 Å². The van der Waals surface area contributed by atoms with Crippen LogP contribution in [0.25, 0.3) is 0 Å². The number of hydrazine groups is 1. The first kappa shape index (κ1) is 14.2. The van der Waals surface area contributed by atoms with Crippen LogP contribution in [0.5, 0.6) is 0 Å². The zero-order valence-corrected chi connectivity index (χ0v) is 11.5. The molecule has 5 N–H and O–H groups in total. The standard InChI is InChI=1S/C10H16N4.HI/c1-6-4-8(3)9(5-7(6)2)13-10(11)14-12;/h4-5H,12H2,1-3H3,(H3,11,13,14);1H. The summed E-state index contributed by atoms with van der Waals surface area (Å²) in [5, 5.41) is 0. The molecule has 0 unspecified atom stereocenters. The Morgan fingerprint density at radius 3 is 2.20 bits per heavy atom. The summed E-state index contributed by atoms with van der Waals surface area (Å²) >= 11 is 0. The maximum atomic E-state index is 5.48. The Balaban J connectivity index is 0.00000196. The number of guanidine groups is 1. The quantitative estimate of drug-likeness (QED) is 0.242. The molecule has 0 saturated carbocycles. The normalized spacial score (nSPS) is 10.8. The van der Waals surface area contributed by atoms with Gasteiger partial charge in [-0.05, 0) is 43.5 Å². The summed E-state index contributed by atoms with van der Waals surface area (Å²) in [4.78, 5) is 4.14. The number of nitrogens with two attached hydrogens (primary N) is 2. The number of halogens is 1. The molecule has 0 aliphatic rings. The van der Waals surface area contributed by atoms with Crippen LogP contribution < -0.4 is 17.0 Å². The number of nitrogens with one attached hydrogen (secondary N) is 1. The van der Waals surface area contributed by atoms with E-state index < -0.39 is 0 Å². The van der Waals surface area contributed by atoms with Crippen molar-refractivity contribution in [2.45, 2.75) is 20.8 Å². The molecule has 0 bridgehead atoms. The molecule has 0 fully saturated rings. The molecule has 0 heterocycles. The molecule has 5 heteroatoms. The minimum absolute atomic E-state index is 0. The van der Waals surface area contributed by atoms with E-state index in [1.165, 1.54) is 11.1 Å². The van der Waals surface area contributed by atoms with Gasteiger partial charge in [0, 0.05) is 0 Å². The van der Waals surface area contributed by atoms with Gasteiger partial charge in [-0.25, -0.2) is 10.8 Å². The van der Waals surface area contributed by atoms with Crippen LogP contribution in [0.4, 0.5) is 5.69 Å². The van der Waals surface area contributed by atoms with Crippen LogP contribution in [0.2, 0.25) is 0 Å². The van der Waals surface area contributed by atoms with Crippen molar-refractivity contribution in [2.75, 3.05) is 0 Å². The largest absolute Gasteiger partial charge is 0.369 e. The summed E-state index contributed by atoms with van der Waals surface area (Å²) in [5.74, 6) is 5.35. The number of hydrogen-bond donors (Lipinski definition) is 3. The summed E-state index contributed by atoms with van der Waals surface area (Å²) in [7, 11) is 0. The van der Waals surface area contributed by atoms with Gasteiger partial charge < -0.3 is 5.73 Å². The Bertz CT molecular complexity index is 374. The lowest BCUT2D eigenvalue weighted by molar-refractivity contribution is 1.01. The van der Waals surface area contributed by atoms with Gasteiger partial charge in [-0.2, -0.15) is 0 Å². The van der Waals surface area contributed by atoms with Crippen molar-refractivity contribution in [3.63, 3.8) is 0 Å². The number of aliphatic imine (C=N–C) groups is 1. The molecule has 0 radical (unpaired) electrons. The van der Waals surface area contributed by atoms with E-state index >= 15 is 0 Å². The Kier molecular flexibility index (Phi) is 5.59. The summed E-state index contributed by atoms with van der Waals surface area (Å²) in [6.07, 6.45) is 0. The van der Waals surface area contributed by atoms with Gasteiger partial charge in [0.2, 0.25) is 5.96 Å². The SMILES string of the molecule is Cc1cc(C)c(N=C(N)NN)cc1C.I. The average molecular weight is 320 g/mol. The smallest absolute Gasteiger partial charge is 0.208 e. The molecule has 0 atom stereocenters. The van der Waals surface area contributed by atoms with Crippen molar-refractivity contribution in [2.24, 2.45) is 16.6 Å². The highest BCUT2D eigenvalue weighted by Crippen LogP contribution is 2.22. The second kappa shape index (κ2) is 5.92. The first-order valence-corrected chi connectivity index (χ1v) is 4.43. The summed E-state index contributed by atoms with van der Waals surface area (Å²) in [5.41, 5.74) is 12.2. The molecule has 1 aromatic rings. The minimum Gasteiger partial charge on any atom is -0.369 e. The zero-order valence-electron chi connectivity index (χ0n) is 9.16. The van der Waals surface area contributed by atoms with Crippen LogP contribution in [0, 0.1) is 20.8 Å². The molecular formula is C10H17IN4. The second-order valence-electron chi connectivity index (χ2n) is 3.36. The predicted octanol–water partition coefficient (Wildman–Crippen LogP) is 1.64. The maximum absolute atomic E-state index is 5.48. The third-order valence-corrected chi connectivity index (χ3v) is 2.20. The molecule has 0 amide bonds. The molecule has 1 rings (SSSR count). The van der Waals surface area contributed by atoms with Crippen LogP contribution >= 0.6 is 24.0 Å². The van der Waals surface area contributed by atoms with Crippen LogP contribution in [0.1, 0.15) is 16.7 Å². The Morgan fingerprint density at radius 2 is 1.67 bits per heavy atom. The molecule has 84 valence electrons. The molecule has 0 saturated heterocycles. The van der Waals surface area contributed by atoms with Crippen LogP contribution in [0.15, 0.2) is 17.1 Å². The molecule has 0 aliphatic heterocycles. The molecule has 0 spiro atoms. The molecule has 0 aromatic heterocycles. The fourth-order valence-electron chi connectivity index (χ4n) is 1.23. The third kappa shape index (κ3) is 3.67. The monoisotopic (exact) mass is 320 g/mol. The van der Waals surface area contributed by atoms with Gasteiger partial charge in [0.15, 0.2) is 0 Å². The average Bonchev–Trinajstić information content (AvgIpc) is 2.14.